The number of hydrogen-bond acceptors (Lipinski definition) is 6. The first-order valence-corrected chi connectivity index (χ1v) is 6.04. The van der Waals surface area contributed by atoms with Gasteiger partial charge in [0.1, 0.15) is 5.69 Å². The Kier molecular flexibility index (Phi) is 4.20. The van der Waals surface area contributed by atoms with Crippen molar-refractivity contribution in [3.63, 3.8) is 0 Å². The van der Waals surface area contributed by atoms with Crippen LogP contribution in [0.4, 0.5) is 24.5 Å². The van der Waals surface area contributed by atoms with Gasteiger partial charge in [-0.25, -0.2) is 0 Å². The van der Waals surface area contributed by atoms with Crippen molar-refractivity contribution in [2.45, 2.75) is 13.1 Å². The molecule has 2 N–H and O–H groups in total. The van der Waals surface area contributed by atoms with Crippen molar-refractivity contribution in [3.05, 3.63) is 51.4 Å². The molecule has 0 aliphatic heterocycles. The average molecular weight is 330 g/mol. The number of rotatable bonds is 4. The molecule has 0 saturated carbocycles. The van der Waals surface area contributed by atoms with Crippen molar-refractivity contribution in [1.29, 1.82) is 0 Å². The van der Waals surface area contributed by atoms with E-state index in [1.165, 1.54) is 6.07 Å². The molecule has 2 aromatic rings. The monoisotopic (exact) mass is 330 g/mol. The van der Waals surface area contributed by atoms with Crippen LogP contribution in [-0.4, -0.2) is 16.0 Å². The lowest BCUT2D eigenvalue weighted by Crippen LogP contribution is -2.29. The van der Waals surface area contributed by atoms with Crippen molar-refractivity contribution in [2.75, 3.05) is 5.43 Å². The first kappa shape index (κ1) is 16.3. The van der Waals surface area contributed by atoms with Crippen LogP contribution in [-0.2, 0) is 6.18 Å². The highest BCUT2D eigenvalue weighted by molar-refractivity contribution is 5.92. The lowest BCUT2D eigenvalue weighted by Gasteiger charge is -2.10. The van der Waals surface area contributed by atoms with Gasteiger partial charge < -0.3 is 4.52 Å². The molecule has 0 bridgehead atoms. The summed E-state index contributed by atoms with van der Waals surface area (Å²) in [4.78, 5) is 21.6. The van der Waals surface area contributed by atoms with Crippen LogP contribution in [0.5, 0.6) is 0 Å². The molecule has 1 aromatic carbocycles. The topological polar surface area (TPSA) is 110 Å². The van der Waals surface area contributed by atoms with Gasteiger partial charge in [0.25, 0.3) is 5.69 Å². The molecule has 1 aromatic heterocycles. The van der Waals surface area contributed by atoms with Gasteiger partial charge in [-0.15, -0.1) is 0 Å². The fourth-order valence-corrected chi connectivity index (χ4v) is 1.62. The number of hydrogen-bond donors (Lipinski definition) is 2. The van der Waals surface area contributed by atoms with E-state index >= 15 is 0 Å². The maximum absolute atomic E-state index is 12.6. The maximum Gasteiger partial charge on any atom is 0.416 e. The fraction of sp³-hybridized carbons (Fsp3) is 0.167. The van der Waals surface area contributed by atoms with Gasteiger partial charge in [-0.1, -0.05) is 5.16 Å². The molecule has 0 fully saturated rings. The summed E-state index contributed by atoms with van der Waals surface area (Å²) in [5.74, 6) is -0.954. The number of alkyl halides is 3. The van der Waals surface area contributed by atoms with Gasteiger partial charge in [-0.05, 0) is 19.1 Å². The van der Waals surface area contributed by atoms with Crippen LogP contribution < -0.4 is 10.9 Å². The highest BCUT2D eigenvalue weighted by Crippen LogP contribution is 2.34. The molecule has 0 aliphatic rings. The second-order valence-electron chi connectivity index (χ2n) is 4.40. The number of nitrogens with zero attached hydrogens (tertiary/aromatic N) is 2. The number of aromatic nitrogens is 1. The fourth-order valence-electron chi connectivity index (χ4n) is 1.62. The van der Waals surface area contributed by atoms with Crippen molar-refractivity contribution in [2.24, 2.45) is 0 Å². The van der Waals surface area contributed by atoms with Gasteiger partial charge in [-0.2, -0.15) is 13.2 Å². The van der Waals surface area contributed by atoms with Gasteiger partial charge in [0.15, 0.2) is 0 Å². The number of amides is 1. The molecule has 0 spiro atoms. The third-order valence-corrected chi connectivity index (χ3v) is 2.68. The first-order valence-electron chi connectivity index (χ1n) is 6.04. The van der Waals surface area contributed by atoms with Gasteiger partial charge in [0, 0.05) is 12.1 Å². The van der Waals surface area contributed by atoms with E-state index in [1.807, 2.05) is 0 Å². The number of halogens is 3. The van der Waals surface area contributed by atoms with Crippen LogP contribution in [0.1, 0.15) is 21.8 Å². The van der Waals surface area contributed by atoms with E-state index in [1.54, 1.807) is 6.92 Å². The molecule has 0 atom stereocenters. The number of carbonyl (C=O) groups is 1. The predicted octanol–water partition coefficient (Wildman–Crippen LogP) is 2.67. The van der Waals surface area contributed by atoms with Gasteiger partial charge in [0.05, 0.1) is 16.2 Å². The molecule has 1 amide bonds. The summed E-state index contributed by atoms with van der Waals surface area (Å²) in [5, 5.41) is 14.4. The van der Waals surface area contributed by atoms with E-state index in [0.717, 1.165) is 6.07 Å². The number of nitro benzene ring substituents is 1. The largest absolute Gasteiger partial charge is 0.416 e. The summed E-state index contributed by atoms with van der Waals surface area (Å²) in [6.07, 6.45) is -4.72. The third-order valence-electron chi connectivity index (χ3n) is 2.68. The Bertz CT molecular complexity index is 757. The molecule has 23 heavy (non-hydrogen) atoms. The Labute approximate surface area is 126 Å². The number of hydrazine groups is 1. The average Bonchev–Trinajstić information content (AvgIpc) is 2.90. The van der Waals surface area contributed by atoms with E-state index in [2.05, 4.69) is 20.5 Å². The van der Waals surface area contributed by atoms with Crippen molar-refractivity contribution < 1.29 is 27.4 Å². The third kappa shape index (κ3) is 3.75. The zero-order valence-electron chi connectivity index (χ0n) is 11.5. The van der Waals surface area contributed by atoms with Crippen LogP contribution in [0.3, 0.4) is 0 Å². The molecule has 1 heterocycles. The summed E-state index contributed by atoms with van der Waals surface area (Å²) in [7, 11) is 0. The van der Waals surface area contributed by atoms with Crippen LogP contribution >= 0.6 is 0 Å². The standard InChI is InChI=1S/C12H9F3N4O4/c1-6-4-10(23-18-6)11(20)17-16-8-3-2-7(12(13,14)15)5-9(8)19(21)22/h2-5,16H,1H3,(H,17,20). The molecule has 11 heteroatoms. The Hall–Kier alpha value is -3.11. The number of anilines is 1. The Morgan fingerprint density at radius 1 is 1.35 bits per heavy atom. The van der Waals surface area contributed by atoms with E-state index in [9.17, 15) is 28.1 Å². The lowest BCUT2D eigenvalue weighted by atomic mass is 10.1. The zero-order valence-corrected chi connectivity index (χ0v) is 11.5. The first-order chi connectivity index (χ1) is 10.7. The highest BCUT2D eigenvalue weighted by Gasteiger charge is 2.33. The van der Waals surface area contributed by atoms with E-state index in [4.69, 9.17) is 0 Å². The summed E-state index contributed by atoms with van der Waals surface area (Å²) in [6.45, 7) is 1.58. The maximum atomic E-state index is 12.6. The Morgan fingerprint density at radius 2 is 2.04 bits per heavy atom. The Morgan fingerprint density at radius 3 is 2.57 bits per heavy atom. The van der Waals surface area contributed by atoms with E-state index < -0.39 is 28.3 Å². The van der Waals surface area contributed by atoms with Crippen molar-refractivity contribution in [3.8, 4) is 0 Å². The molecular weight excluding hydrogens is 321 g/mol. The summed E-state index contributed by atoms with van der Waals surface area (Å²) < 4.78 is 42.4. The van der Waals surface area contributed by atoms with E-state index in [-0.39, 0.29) is 11.4 Å². The van der Waals surface area contributed by atoms with Gasteiger partial charge >= 0.3 is 12.1 Å². The Balaban J connectivity index is 2.19. The summed E-state index contributed by atoms with van der Waals surface area (Å²) in [5.41, 5.74) is 2.37. The number of aryl methyl sites for hydroxylation is 1. The minimum atomic E-state index is -4.72. The van der Waals surface area contributed by atoms with Crippen molar-refractivity contribution >= 4 is 17.3 Å². The van der Waals surface area contributed by atoms with Crippen LogP contribution in [0.15, 0.2) is 28.8 Å². The molecule has 122 valence electrons. The molecule has 0 unspecified atom stereocenters. The molecular formula is C12H9F3N4O4. The van der Waals surface area contributed by atoms with E-state index in [0.29, 0.717) is 17.8 Å². The normalized spacial score (nSPS) is 11.1. The smallest absolute Gasteiger partial charge is 0.351 e. The molecule has 0 saturated heterocycles. The predicted molar refractivity (Wildman–Crippen MR) is 70.4 cm³/mol. The van der Waals surface area contributed by atoms with Crippen LogP contribution in [0.2, 0.25) is 0 Å². The quantitative estimate of drug-likeness (QED) is 0.659. The number of carbonyl (C=O) groups excluding carboxylic acids is 1. The van der Waals surface area contributed by atoms with Crippen LogP contribution in [0, 0.1) is 17.0 Å². The summed E-state index contributed by atoms with van der Waals surface area (Å²) in [6, 6.07) is 3.18. The minimum absolute atomic E-state index is 0.162. The number of benzene rings is 1. The van der Waals surface area contributed by atoms with Gasteiger partial charge in [-0.3, -0.25) is 25.8 Å². The van der Waals surface area contributed by atoms with Crippen molar-refractivity contribution in [1.82, 2.24) is 10.6 Å². The summed E-state index contributed by atoms with van der Waals surface area (Å²) >= 11 is 0. The molecule has 0 radical (unpaired) electrons. The second-order valence-corrected chi connectivity index (χ2v) is 4.40. The number of nitro groups is 1. The van der Waals surface area contributed by atoms with Crippen LogP contribution in [0.25, 0.3) is 0 Å². The highest BCUT2D eigenvalue weighted by atomic mass is 19.4. The minimum Gasteiger partial charge on any atom is -0.351 e. The second kappa shape index (κ2) is 5.94. The molecule has 8 nitrogen and oxygen atoms in total. The molecule has 0 aliphatic carbocycles. The SMILES string of the molecule is Cc1cc(C(=O)NNc2ccc(C(F)(F)F)cc2[N+](=O)[O-])on1. The number of nitrogens with one attached hydrogen (secondary N) is 2. The van der Waals surface area contributed by atoms with Gasteiger partial charge in [0.2, 0.25) is 5.76 Å². The zero-order chi connectivity index (χ0) is 17.2. The molecule has 2 rings (SSSR count). The lowest BCUT2D eigenvalue weighted by molar-refractivity contribution is -0.384.